The average Bonchev–Trinajstić information content (AvgIpc) is 2.56. The van der Waals surface area contributed by atoms with Crippen molar-refractivity contribution in [1.29, 1.82) is 0 Å². The van der Waals surface area contributed by atoms with Gasteiger partial charge in [-0.15, -0.1) is 0 Å². The smallest absolute Gasteiger partial charge is 0.388 e. The number of halogens is 15. The van der Waals surface area contributed by atoms with Gasteiger partial charge in [-0.1, -0.05) is 13.8 Å². The molecule has 0 heterocycles. The highest BCUT2D eigenvalue weighted by Gasteiger charge is 2.66. The van der Waals surface area contributed by atoms with Crippen molar-refractivity contribution in [2.45, 2.75) is 56.2 Å². The number of rotatable bonds is 5. The zero-order valence-corrected chi connectivity index (χ0v) is 15.4. The van der Waals surface area contributed by atoms with Crippen LogP contribution in [0.25, 0.3) is 0 Å². The Labute approximate surface area is 168 Å². The Hall–Kier alpha value is -1.87. The van der Waals surface area contributed by atoms with Crippen LogP contribution in [-0.2, 0) is 17.8 Å². The highest BCUT2D eigenvalue weighted by Crippen LogP contribution is 2.55. The molecule has 186 valence electrons. The number of hydrogen-bond acceptors (Lipinski definition) is 1. The summed E-state index contributed by atoms with van der Waals surface area (Å²) < 4.78 is 198. The highest BCUT2D eigenvalue weighted by molar-refractivity contribution is 5.48. The maximum Gasteiger partial charge on any atom is 0.458 e. The molecule has 1 aromatic rings. The summed E-state index contributed by atoms with van der Waals surface area (Å²) in [5.74, 6) is -21.1. The second kappa shape index (κ2) is 7.87. The normalized spacial score (nSPS) is 16.0. The predicted molar refractivity (Wildman–Crippen MR) is 76.1 cm³/mol. The van der Waals surface area contributed by atoms with E-state index in [9.17, 15) is 71.0 Å². The Bertz CT molecular complexity index is 782. The Morgan fingerprint density at radius 2 is 0.844 bits per heavy atom. The van der Waals surface area contributed by atoms with E-state index >= 15 is 0 Å². The summed E-state index contributed by atoms with van der Waals surface area (Å²) in [6, 6.07) is -2.39. The van der Waals surface area contributed by atoms with Crippen molar-refractivity contribution < 1.29 is 71.0 Å². The molecule has 16 heteroatoms. The van der Waals surface area contributed by atoms with Crippen LogP contribution in [0.15, 0.2) is 12.1 Å². The van der Waals surface area contributed by atoms with E-state index in [2.05, 4.69) is 0 Å². The van der Waals surface area contributed by atoms with Gasteiger partial charge in [-0.2, -0.15) is 65.9 Å². The summed E-state index contributed by atoms with van der Waals surface area (Å²) in [5, 5.41) is 9.86. The van der Waals surface area contributed by atoms with Crippen LogP contribution >= 0.6 is 0 Å². The maximum atomic E-state index is 14.0. The molecule has 0 radical (unpaired) electrons. The molecule has 32 heavy (non-hydrogen) atoms. The molecule has 0 aliphatic rings. The van der Waals surface area contributed by atoms with Crippen molar-refractivity contribution in [3.8, 4) is 0 Å². The minimum Gasteiger partial charge on any atom is -0.388 e. The van der Waals surface area contributed by atoms with Crippen LogP contribution in [0.4, 0.5) is 65.9 Å². The first-order valence-electron chi connectivity index (χ1n) is 8.02. The SMILES string of the molecule is CC(C)C(O)c1c(C(F)(F)C(F)(F)F)cc(C(F)(F)C(F)(F)F)cc1C(F)(F)C(F)(F)F. The third kappa shape index (κ3) is 4.59. The van der Waals surface area contributed by atoms with Crippen molar-refractivity contribution in [2.24, 2.45) is 5.92 Å². The lowest BCUT2D eigenvalue weighted by Gasteiger charge is -2.32. The monoisotopic (exact) mass is 504 g/mol. The Kier molecular flexibility index (Phi) is 6.92. The van der Waals surface area contributed by atoms with Gasteiger partial charge in [0.1, 0.15) is 0 Å². The maximum absolute atomic E-state index is 14.0. The van der Waals surface area contributed by atoms with E-state index < -0.39 is 82.7 Å². The van der Waals surface area contributed by atoms with Gasteiger partial charge < -0.3 is 5.11 Å². The van der Waals surface area contributed by atoms with Gasteiger partial charge in [0.05, 0.1) is 6.10 Å². The van der Waals surface area contributed by atoms with Gasteiger partial charge in [0.2, 0.25) is 0 Å². The summed E-state index contributed by atoms with van der Waals surface area (Å²) in [6.45, 7) is 1.52. The van der Waals surface area contributed by atoms with Crippen molar-refractivity contribution in [2.75, 3.05) is 0 Å². The number of alkyl halides is 15. The Balaban J connectivity index is 4.37. The zero-order valence-electron chi connectivity index (χ0n) is 15.4. The van der Waals surface area contributed by atoms with Crippen molar-refractivity contribution in [1.82, 2.24) is 0 Å². The van der Waals surface area contributed by atoms with Crippen LogP contribution in [-0.4, -0.2) is 23.6 Å². The molecule has 1 nitrogen and oxygen atoms in total. The van der Waals surface area contributed by atoms with Crippen LogP contribution in [0.3, 0.4) is 0 Å². The van der Waals surface area contributed by atoms with E-state index in [1.807, 2.05) is 0 Å². The lowest BCUT2D eigenvalue weighted by molar-refractivity contribution is -0.296. The van der Waals surface area contributed by atoms with Gasteiger partial charge in [-0.3, -0.25) is 0 Å². The average molecular weight is 504 g/mol. The van der Waals surface area contributed by atoms with E-state index in [-0.39, 0.29) is 0 Å². The second-order valence-corrected chi connectivity index (χ2v) is 6.89. The first-order valence-corrected chi connectivity index (χ1v) is 8.02. The van der Waals surface area contributed by atoms with Gasteiger partial charge >= 0.3 is 36.3 Å². The molecule has 0 saturated carbocycles. The Morgan fingerprint density at radius 3 is 1.06 bits per heavy atom. The molecule has 1 aromatic carbocycles. The quantitative estimate of drug-likeness (QED) is 0.417. The van der Waals surface area contributed by atoms with Crippen LogP contribution in [0.2, 0.25) is 0 Å². The predicted octanol–water partition coefficient (Wildman–Crippen LogP) is 7.34. The molecular weight excluding hydrogens is 493 g/mol. The first kappa shape index (κ1) is 28.2. The molecule has 0 bridgehead atoms. The second-order valence-electron chi connectivity index (χ2n) is 6.89. The summed E-state index contributed by atoms with van der Waals surface area (Å²) >= 11 is 0. The van der Waals surface area contributed by atoms with Gasteiger partial charge in [-0.05, 0) is 23.6 Å². The number of aliphatic hydroxyl groups is 1. The molecule has 1 unspecified atom stereocenters. The summed E-state index contributed by atoms with van der Waals surface area (Å²) in [5.41, 5.74) is -11.7. The number of aliphatic hydroxyl groups excluding tert-OH is 1. The number of benzene rings is 1. The molecule has 0 spiro atoms. The fourth-order valence-corrected chi connectivity index (χ4v) is 2.48. The molecule has 0 saturated heterocycles. The molecule has 0 amide bonds. The molecule has 0 aliphatic heterocycles. The van der Waals surface area contributed by atoms with Crippen molar-refractivity contribution in [3.63, 3.8) is 0 Å². The summed E-state index contributed by atoms with van der Waals surface area (Å²) in [7, 11) is 0. The van der Waals surface area contributed by atoms with Crippen molar-refractivity contribution >= 4 is 0 Å². The molecule has 0 aliphatic carbocycles. The van der Waals surface area contributed by atoms with E-state index in [4.69, 9.17) is 0 Å². The largest absolute Gasteiger partial charge is 0.458 e. The highest BCUT2D eigenvalue weighted by atomic mass is 19.4. The van der Waals surface area contributed by atoms with E-state index in [1.165, 1.54) is 0 Å². The first-order chi connectivity index (χ1) is 13.8. The van der Waals surface area contributed by atoms with Crippen LogP contribution in [0.5, 0.6) is 0 Å². The van der Waals surface area contributed by atoms with Crippen LogP contribution in [0, 0.1) is 5.92 Å². The van der Waals surface area contributed by atoms with E-state index in [0.717, 1.165) is 13.8 Å². The molecule has 1 rings (SSSR count). The standard InChI is InChI=1S/C16H11F15O/c1-5(2)10(32)9-7(12(19,20)15(26,27)28)3-6(11(17,18)14(23,24)25)4-8(9)13(21,22)16(29,30)31/h3-5,10,32H,1-2H3. The van der Waals surface area contributed by atoms with Crippen molar-refractivity contribution in [3.05, 3.63) is 34.4 Å². The molecule has 0 aromatic heterocycles. The third-order valence-corrected chi connectivity index (χ3v) is 4.21. The van der Waals surface area contributed by atoms with Gasteiger partial charge in [0.15, 0.2) is 0 Å². The van der Waals surface area contributed by atoms with Crippen LogP contribution in [0.1, 0.15) is 42.2 Å². The molecule has 1 atom stereocenters. The Morgan fingerprint density at radius 1 is 0.562 bits per heavy atom. The molecule has 0 fully saturated rings. The summed E-state index contributed by atoms with van der Waals surface area (Å²) in [4.78, 5) is 0. The van der Waals surface area contributed by atoms with Gasteiger partial charge in [-0.25, -0.2) is 0 Å². The number of hydrogen-bond donors (Lipinski definition) is 1. The zero-order chi connectivity index (χ0) is 25.9. The molecular formula is C16H11F15O. The summed E-state index contributed by atoms with van der Waals surface area (Å²) in [6.07, 6.45) is -23.4. The lowest BCUT2D eigenvalue weighted by atomic mass is 9.83. The lowest BCUT2D eigenvalue weighted by Crippen LogP contribution is -2.41. The van der Waals surface area contributed by atoms with E-state index in [1.54, 1.807) is 0 Å². The minimum atomic E-state index is -6.84. The van der Waals surface area contributed by atoms with Crippen LogP contribution < -0.4 is 0 Å². The topological polar surface area (TPSA) is 20.2 Å². The van der Waals surface area contributed by atoms with E-state index in [0.29, 0.717) is 0 Å². The molecule has 1 N–H and O–H groups in total. The minimum absolute atomic E-state index is 0.758. The van der Waals surface area contributed by atoms with Gasteiger partial charge in [0, 0.05) is 16.7 Å². The fourth-order valence-electron chi connectivity index (χ4n) is 2.48. The van der Waals surface area contributed by atoms with Gasteiger partial charge in [0.25, 0.3) is 0 Å². The third-order valence-electron chi connectivity index (χ3n) is 4.21. The fraction of sp³-hybridized carbons (Fsp3) is 0.625.